The third-order valence-corrected chi connectivity index (χ3v) is 3.81. The Morgan fingerprint density at radius 3 is 2.52 bits per heavy atom. The van der Waals surface area contributed by atoms with Crippen LogP contribution in [0.1, 0.15) is 33.6 Å². The van der Waals surface area contributed by atoms with E-state index in [4.69, 9.17) is 5.11 Å². The maximum absolute atomic E-state index is 11.8. The van der Waals surface area contributed by atoms with Crippen molar-refractivity contribution in [2.75, 3.05) is 19.6 Å². The fraction of sp³-hybridized carbons (Fsp3) is 0.786. The van der Waals surface area contributed by atoms with Gasteiger partial charge < -0.3 is 10.4 Å². The van der Waals surface area contributed by atoms with Crippen molar-refractivity contribution in [3.05, 3.63) is 0 Å². The van der Waals surface area contributed by atoms with E-state index in [9.17, 15) is 14.4 Å². The molecule has 1 rings (SSSR count). The molecule has 1 fully saturated rings. The third-order valence-electron chi connectivity index (χ3n) is 3.81. The van der Waals surface area contributed by atoms with Gasteiger partial charge in [-0.25, -0.2) is 4.79 Å². The van der Waals surface area contributed by atoms with Crippen LogP contribution in [0.3, 0.4) is 0 Å². The summed E-state index contributed by atoms with van der Waals surface area (Å²) in [5.41, 5.74) is 0. The van der Waals surface area contributed by atoms with Gasteiger partial charge in [-0.2, -0.15) is 0 Å². The Morgan fingerprint density at radius 1 is 1.33 bits per heavy atom. The molecule has 0 radical (unpaired) electrons. The highest BCUT2D eigenvalue weighted by Gasteiger charge is 2.36. The van der Waals surface area contributed by atoms with E-state index in [-0.39, 0.29) is 12.6 Å². The summed E-state index contributed by atoms with van der Waals surface area (Å²) < 4.78 is 0. The Balaban J connectivity index is 2.31. The largest absolute Gasteiger partial charge is 0.481 e. The van der Waals surface area contributed by atoms with Crippen molar-refractivity contribution in [3.63, 3.8) is 0 Å². The number of hydrogen-bond acceptors (Lipinski definition) is 4. The Kier molecular flexibility index (Phi) is 6.61. The number of carboxylic acid groups (broad SMARTS) is 1. The minimum absolute atomic E-state index is 0.0442. The molecule has 2 unspecified atom stereocenters. The monoisotopic (exact) mass is 299 g/mol. The molecular formula is C14H25N3O4. The lowest BCUT2D eigenvalue weighted by molar-refractivity contribution is -0.142. The highest BCUT2D eigenvalue weighted by molar-refractivity contribution is 5.95. The van der Waals surface area contributed by atoms with Gasteiger partial charge in [0, 0.05) is 12.6 Å². The number of amides is 3. The molecule has 3 amide bonds. The highest BCUT2D eigenvalue weighted by Crippen LogP contribution is 2.23. The molecule has 0 saturated carbocycles. The second-order valence-electron chi connectivity index (χ2n) is 5.93. The van der Waals surface area contributed by atoms with Gasteiger partial charge in [0.15, 0.2) is 0 Å². The van der Waals surface area contributed by atoms with Crippen molar-refractivity contribution < 1.29 is 19.5 Å². The van der Waals surface area contributed by atoms with Crippen LogP contribution in [0.25, 0.3) is 0 Å². The lowest BCUT2D eigenvalue weighted by Gasteiger charge is -2.22. The van der Waals surface area contributed by atoms with E-state index in [0.717, 1.165) is 6.42 Å². The summed E-state index contributed by atoms with van der Waals surface area (Å²) in [6, 6.07) is -0.695. The Bertz CT molecular complexity index is 398. The van der Waals surface area contributed by atoms with Gasteiger partial charge in [-0.3, -0.25) is 19.8 Å². The van der Waals surface area contributed by atoms with E-state index in [0.29, 0.717) is 25.4 Å². The second-order valence-corrected chi connectivity index (χ2v) is 5.93. The molecule has 0 bridgehead atoms. The molecule has 7 heteroatoms. The smallest absolute Gasteiger partial charge is 0.321 e. The van der Waals surface area contributed by atoms with Crippen LogP contribution in [0.5, 0.6) is 0 Å². The number of imide groups is 1. The molecule has 1 aliphatic rings. The van der Waals surface area contributed by atoms with Gasteiger partial charge >= 0.3 is 12.0 Å². The molecule has 0 aromatic heterocycles. The molecule has 0 aromatic carbocycles. The van der Waals surface area contributed by atoms with Crippen LogP contribution in [-0.4, -0.2) is 53.6 Å². The summed E-state index contributed by atoms with van der Waals surface area (Å²) in [4.78, 5) is 36.1. The lowest BCUT2D eigenvalue weighted by Crippen LogP contribution is -2.46. The maximum Gasteiger partial charge on any atom is 0.321 e. The van der Waals surface area contributed by atoms with Crippen molar-refractivity contribution in [2.45, 2.75) is 39.7 Å². The number of rotatable bonds is 6. The SMILES string of the molecule is CC(C)CCNC(=O)NC(=O)CN1CCC(C(=O)O)C1C. The minimum atomic E-state index is -0.836. The molecular weight excluding hydrogens is 274 g/mol. The number of carbonyl (C=O) groups excluding carboxylic acids is 2. The molecule has 21 heavy (non-hydrogen) atoms. The Hall–Kier alpha value is -1.63. The number of nitrogens with zero attached hydrogens (tertiary/aromatic N) is 1. The Morgan fingerprint density at radius 2 is 2.00 bits per heavy atom. The number of carbonyl (C=O) groups is 3. The topological polar surface area (TPSA) is 98.7 Å². The summed E-state index contributed by atoms with van der Waals surface area (Å²) >= 11 is 0. The van der Waals surface area contributed by atoms with Crippen molar-refractivity contribution in [1.82, 2.24) is 15.5 Å². The predicted molar refractivity (Wildman–Crippen MR) is 77.8 cm³/mol. The van der Waals surface area contributed by atoms with E-state index in [2.05, 4.69) is 24.5 Å². The normalized spacial score (nSPS) is 22.3. The summed E-state index contributed by atoms with van der Waals surface area (Å²) in [6.45, 7) is 7.03. The highest BCUT2D eigenvalue weighted by atomic mass is 16.4. The van der Waals surface area contributed by atoms with Crippen LogP contribution in [0.2, 0.25) is 0 Å². The van der Waals surface area contributed by atoms with Gasteiger partial charge in [0.25, 0.3) is 0 Å². The number of hydrogen-bond donors (Lipinski definition) is 3. The summed E-state index contributed by atoms with van der Waals surface area (Å²) in [5, 5.41) is 13.9. The summed E-state index contributed by atoms with van der Waals surface area (Å²) in [6.07, 6.45) is 1.38. The quantitative estimate of drug-likeness (QED) is 0.669. The van der Waals surface area contributed by atoms with Crippen LogP contribution in [-0.2, 0) is 9.59 Å². The number of nitrogens with one attached hydrogen (secondary N) is 2. The first kappa shape index (κ1) is 17.4. The van der Waals surface area contributed by atoms with Gasteiger partial charge in [0.05, 0.1) is 12.5 Å². The van der Waals surface area contributed by atoms with Crippen molar-refractivity contribution >= 4 is 17.9 Å². The number of aliphatic carboxylic acids is 1. The summed E-state index contributed by atoms with van der Waals surface area (Å²) in [5.74, 6) is -1.20. The maximum atomic E-state index is 11.8. The fourth-order valence-corrected chi connectivity index (χ4v) is 2.43. The van der Waals surface area contributed by atoms with Gasteiger partial charge in [-0.05, 0) is 32.2 Å². The van der Waals surface area contributed by atoms with Crippen molar-refractivity contribution in [3.8, 4) is 0 Å². The first-order valence-electron chi connectivity index (χ1n) is 7.35. The standard InChI is InChI=1S/C14H25N3O4/c1-9(2)4-6-15-14(21)16-12(18)8-17-7-5-11(10(17)3)13(19)20/h9-11H,4-8H2,1-3H3,(H,19,20)(H2,15,16,18,21). The fourth-order valence-electron chi connectivity index (χ4n) is 2.43. The minimum Gasteiger partial charge on any atom is -0.481 e. The van der Waals surface area contributed by atoms with Crippen molar-refractivity contribution in [1.29, 1.82) is 0 Å². The third kappa shape index (κ3) is 5.71. The predicted octanol–water partition coefficient (Wildman–Crippen LogP) is 0.653. The van der Waals surface area contributed by atoms with E-state index >= 15 is 0 Å². The van der Waals surface area contributed by atoms with Crippen LogP contribution in [0.4, 0.5) is 4.79 Å². The molecule has 120 valence electrons. The zero-order chi connectivity index (χ0) is 16.0. The van der Waals surface area contributed by atoms with Gasteiger partial charge in [0.1, 0.15) is 0 Å². The molecule has 7 nitrogen and oxygen atoms in total. The first-order chi connectivity index (χ1) is 9.81. The van der Waals surface area contributed by atoms with E-state index < -0.39 is 23.8 Å². The second kappa shape index (κ2) is 7.97. The molecule has 3 N–H and O–H groups in total. The zero-order valence-electron chi connectivity index (χ0n) is 12.9. The first-order valence-corrected chi connectivity index (χ1v) is 7.35. The average molecular weight is 299 g/mol. The van der Waals surface area contributed by atoms with Crippen LogP contribution in [0.15, 0.2) is 0 Å². The molecule has 1 heterocycles. The van der Waals surface area contributed by atoms with E-state index in [1.807, 2.05) is 0 Å². The van der Waals surface area contributed by atoms with Crippen LogP contribution < -0.4 is 10.6 Å². The van der Waals surface area contributed by atoms with Gasteiger partial charge in [-0.1, -0.05) is 13.8 Å². The zero-order valence-corrected chi connectivity index (χ0v) is 12.9. The van der Waals surface area contributed by atoms with E-state index in [1.165, 1.54) is 0 Å². The average Bonchev–Trinajstić information content (AvgIpc) is 2.70. The number of likely N-dealkylation sites (tertiary alicyclic amines) is 1. The number of urea groups is 1. The van der Waals surface area contributed by atoms with Crippen LogP contribution in [0, 0.1) is 11.8 Å². The van der Waals surface area contributed by atoms with Gasteiger partial charge in [0.2, 0.25) is 5.91 Å². The molecule has 0 spiro atoms. The van der Waals surface area contributed by atoms with Crippen molar-refractivity contribution in [2.24, 2.45) is 11.8 Å². The number of carboxylic acids is 1. The molecule has 0 aliphatic carbocycles. The Labute approximate surface area is 125 Å². The molecule has 1 saturated heterocycles. The lowest BCUT2D eigenvalue weighted by atomic mass is 10.0. The molecule has 0 aromatic rings. The summed E-state index contributed by atoms with van der Waals surface area (Å²) in [7, 11) is 0. The van der Waals surface area contributed by atoms with Crippen LogP contribution >= 0.6 is 0 Å². The van der Waals surface area contributed by atoms with E-state index in [1.54, 1.807) is 11.8 Å². The molecule has 2 atom stereocenters. The molecule has 1 aliphatic heterocycles. The van der Waals surface area contributed by atoms with Gasteiger partial charge in [-0.15, -0.1) is 0 Å².